The Balaban J connectivity index is 1.46. The zero-order chi connectivity index (χ0) is 24.6. The van der Waals surface area contributed by atoms with Crippen LogP contribution < -0.4 is 21.3 Å². The first-order valence-corrected chi connectivity index (χ1v) is 13.7. The van der Waals surface area contributed by atoms with Gasteiger partial charge < -0.3 is 30.3 Å². The van der Waals surface area contributed by atoms with Crippen LogP contribution in [0.25, 0.3) is 0 Å². The molecule has 35 heavy (non-hydrogen) atoms. The fourth-order valence-electron chi connectivity index (χ4n) is 4.41. The zero-order valence-electron chi connectivity index (χ0n) is 20.6. The number of hydrogen-bond donors (Lipinski definition) is 3. The maximum atomic E-state index is 12.4. The molecule has 2 aliphatic heterocycles. The average molecular weight is 502 g/mol. The number of amides is 1. The van der Waals surface area contributed by atoms with Crippen LogP contribution in [0.3, 0.4) is 0 Å². The molecule has 0 unspecified atom stereocenters. The van der Waals surface area contributed by atoms with Crippen molar-refractivity contribution in [3.63, 3.8) is 0 Å². The summed E-state index contributed by atoms with van der Waals surface area (Å²) in [5, 5.41) is 6.07. The smallest absolute Gasteiger partial charge is 0.244 e. The van der Waals surface area contributed by atoms with E-state index in [1.807, 2.05) is 18.7 Å². The minimum absolute atomic E-state index is 0.124. The Bertz CT molecular complexity index is 997. The van der Waals surface area contributed by atoms with Crippen molar-refractivity contribution in [3.05, 3.63) is 35.4 Å². The standard InChI is InChI=1S/C24H36N7O3P/c1-3-33-35(34-4-2)13-10-26-24-28-22(25)21-23(29-24)31(17-20(32)27-21)16-19-9-7-8-18(14-19)15-30-11-5-6-12-30/h7-9,14H,3-6,10-13,15-17H2,1-2H3,(H,27,32)(H3,25,26,28,29). The number of rotatable bonds is 12. The van der Waals surface area contributed by atoms with Crippen molar-refractivity contribution in [2.45, 2.75) is 39.8 Å². The Kier molecular flexibility index (Phi) is 9.09. The summed E-state index contributed by atoms with van der Waals surface area (Å²) in [7, 11) is -0.951. The molecule has 1 aromatic heterocycles. The van der Waals surface area contributed by atoms with Crippen LogP contribution in [0.2, 0.25) is 0 Å². The van der Waals surface area contributed by atoms with Crippen LogP contribution >= 0.6 is 8.38 Å². The maximum absolute atomic E-state index is 12.4. The summed E-state index contributed by atoms with van der Waals surface area (Å²) in [6, 6.07) is 8.56. The summed E-state index contributed by atoms with van der Waals surface area (Å²) in [5.74, 6) is 1.17. The molecule has 0 bridgehead atoms. The molecule has 2 aromatic rings. The van der Waals surface area contributed by atoms with Crippen molar-refractivity contribution in [3.8, 4) is 0 Å². The number of nitrogens with zero attached hydrogens (tertiary/aromatic N) is 4. The molecule has 0 spiro atoms. The van der Waals surface area contributed by atoms with Crippen molar-refractivity contribution in [1.29, 1.82) is 0 Å². The number of nitrogen functional groups attached to an aromatic ring is 1. The van der Waals surface area contributed by atoms with Crippen molar-refractivity contribution >= 4 is 37.6 Å². The second kappa shape index (κ2) is 12.4. The van der Waals surface area contributed by atoms with Gasteiger partial charge in [-0.2, -0.15) is 9.97 Å². The number of likely N-dealkylation sites (tertiary alicyclic amines) is 1. The second-order valence-corrected chi connectivity index (χ2v) is 10.3. The number of carbonyl (C=O) groups is 1. The maximum Gasteiger partial charge on any atom is 0.244 e. The Morgan fingerprint density at radius 2 is 1.83 bits per heavy atom. The number of benzene rings is 1. The summed E-state index contributed by atoms with van der Waals surface area (Å²) in [6.45, 7) is 9.78. The van der Waals surface area contributed by atoms with Gasteiger partial charge >= 0.3 is 0 Å². The van der Waals surface area contributed by atoms with Crippen LogP contribution in [0.1, 0.15) is 37.8 Å². The lowest BCUT2D eigenvalue weighted by Crippen LogP contribution is -2.39. The van der Waals surface area contributed by atoms with E-state index in [1.54, 1.807) is 0 Å². The van der Waals surface area contributed by atoms with E-state index in [1.165, 1.54) is 18.4 Å². The summed E-state index contributed by atoms with van der Waals surface area (Å²) in [6.07, 6.45) is 3.26. The van der Waals surface area contributed by atoms with Crippen LogP contribution in [0.5, 0.6) is 0 Å². The van der Waals surface area contributed by atoms with Gasteiger partial charge in [0.1, 0.15) is 5.69 Å². The molecule has 4 N–H and O–H groups in total. The van der Waals surface area contributed by atoms with Gasteiger partial charge in [0.05, 0.1) is 19.8 Å². The number of anilines is 4. The minimum atomic E-state index is -0.951. The summed E-state index contributed by atoms with van der Waals surface area (Å²) < 4.78 is 11.3. The molecule has 10 nitrogen and oxygen atoms in total. The summed E-state index contributed by atoms with van der Waals surface area (Å²) in [4.78, 5) is 25.9. The van der Waals surface area contributed by atoms with Crippen LogP contribution in [0.4, 0.5) is 23.3 Å². The number of hydrogen-bond acceptors (Lipinski definition) is 9. The first kappa shape index (κ1) is 25.6. The predicted molar refractivity (Wildman–Crippen MR) is 141 cm³/mol. The molecule has 11 heteroatoms. The van der Waals surface area contributed by atoms with E-state index in [9.17, 15) is 4.79 Å². The third-order valence-corrected chi connectivity index (χ3v) is 7.59. The normalized spacial score (nSPS) is 16.0. The number of nitrogens with two attached hydrogens (primary N) is 1. The quantitative estimate of drug-likeness (QED) is 0.376. The van der Waals surface area contributed by atoms with Gasteiger partial charge in [-0.1, -0.05) is 24.3 Å². The van der Waals surface area contributed by atoms with Crippen molar-refractivity contribution in [2.75, 3.05) is 66.8 Å². The van der Waals surface area contributed by atoms with Gasteiger partial charge in [-0.25, -0.2) is 0 Å². The molecular formula is C24H36N7O3P. The van der Waals surface area contributed by atoms with E-state index in [0.29, 0.717) is 49.9 Å². The molecule has 1 saturated heterocycles. The Morgan fingerprint density at radius 1 is 1.11 bits per heavy atom. The molecule has 0 radical (unpaired) electrons. The van der Waals surface area contributed by atoms with Gasteiger partial charge in [-0.05, 0) is 50.9 Å². The Labute approximate surface area is 208 Å². The van der Waals surface area contributed by atoms with Crippen LogP contribution in [0.15, 0.2) is 24.3 Å². The number of fused-ring (bicyclic) bond motifs is 1. The van der Waals surface area contributed by atoms with Gasteiger partial charge in [0.15, 0.2) is 20.0 Å². The van der Waals surface area contributed by atoms with E-state index in [-0.39, 0.29) is 18.3 Å². The Morgan fingerprint density at radius 3 is 2.54 bits per heavy atom. The van der Waals surface area contributed by atoms with E-state index >= 15 is 0 Å². The zero-order valence-corrected chi connectivity index (χ0v) is 21.5. The van der Waals surface area contributed by atoms with Crippen LogP contribution in [0, 0.1) is 0 Å². The number of nitrogens with one attached hydrogen (secondary N) is 2. The molecule has 0 saturated carbocycles. The number of carbonyl (C=O) groups excluding carboxylic acids is 1. The monoisotopic (exact) mass is 501 g/mol. The van der Waals surface area contributed by atoms with Gasteiger partial charge in [0, 0.05) is 25.8 Å². The molecular weight excluding hydrogens is 465 g/mol. The molecule has 1 aromatic carbocycles. The molecule has 1 fully saturated rings. The minimum Gasteiger partial charge on any atom is -0.382 e. The number of aromatic nitrogens is 2. The van der Waals surface area contributed by atoms with Crippen molar-refractivity contribution in [2.24, 2.45) is 0 Å². The van der Waals surface area contributed by atoms with Gasteiger partial charge in [0.25, 0.3) is 0 Å². The lowest BCUT2D eigenvalue weighted by Gasteiger charge is -2.30. The van der Waals surface area contributed by atoms with Gasteiger partial charge in [-0.15, -0.1) is 0 Å². The molecule has 190 valence electrons. The van der Waals surface area contributed by atoms with E-state index in [0.717, 1.165) is 25.2 Å². The fraction of sp³-hybridized carbons (Fsp3) is 0.542. The van der Waals surface area contributed by atoms with Crippen LogP contribution in [-0.4, -0.2) is 66.3 Å². The van der Waals surface area contributed by atoms with E-state index < -0.39 is 8.38 Å². The molecule has 3 heterocycles. The van der Waals surface area contributed by atoms with Crippen molar-refractivity contribution in [1.82, 2.24) is 14.9 Å². The highest BCUT2D eigenvalue weighted by Crippen LogP contribution is 2.38. The first-order chi connectivity index (χ1) is 17.1. The molecule has 1 amide bonds. The Hall–Kier alpha value is -2.52. The average Bonchev–Trinajstić information content (AvgIpc) is 3.33. The van der Waals surface area contributed by atoms with Gasteiger partial charge in [0.2, 0.25) is 11.9 Å². The third-order valence-electron chi connectivity index (χ3n) is 5.91. The highest BCUT2D eigenvalue weighted by Gasteiger charge is 2.27. The topological polar surface area (TPSA) is 118 Å². The highest BCUT2D eigenvalue weighted by molar-refractivity contribution is 7.47. The largest absolute Gasteiger partial charge is 0.382 e. The summed E-state index contributed by atoms with van der Waals surface area (Å²) in [5.41, 5.74) is 9.10. The lowest BCUT2D eigenvalue weighted by atomic mass is 10.1. The summed E-state index contributed by atoms with van der Waals surface area (Å²) >= 11 is 0. The molecule has 0 aliphatic carbocycles. The van der Waals surface area contributed by atoms with E-state index in [4.69, 9.17) is 19.8 Å². The van der Waals surface area contributed by atoms with Crippen LogP contribution in [-0.2, 0) is 26.9 Å². The molecule has 4 rings (SSSR count). The van der Waals surface area contributed by atoms with Crippen molar-refractivity contribution < 1.29 is 13.8 Å². The molecule has 2 aliphatic rings. The van der Waals surface area contributed by atoms with Gasteiger partial charge in [-0.3, -0.25) is 9.69 Å². The fourth-order valence-corrected chi connectivity index (χ4v) is 5.61. The lowest BCUT2D eigenvalue weighted by molar-refractivity contribution is -0.115. The second-order valence-electron chi connectivity index (χ2n) is 8.66. The van der Waals surface area contributed by atoms with E-state index in [2.05, 4.69) is 44.8 Å². The third kappa shape index (κ3) is 7.01. The molecule has 0 atom stereocenters. The first-order valence-electron chi connectivity index (χ1n) is 12.4. The SMILES string of the molecule is CCOP(CCNc1nc(N)c2c(n1)N(Cc1cccc(CN3CCCC3)c1)CC(=O)N2)OCC. The highest BCUT2D eigenvalue weighted by atomic mass is 31.2. The predicted octanol–water partition coefficient (Wildman–Crippen LogP) is 3.41.